The fraction of sp³-hybridized carbons (Fsp3) is 0.318. The number of halogens is 1. The summed E-state index contributed by atoms with van der Waals surface area (Å²) in [4.78, 5) is 4.77. The molecule has 1 fully saturated rings. The summed E-state index contributed by atoms with van der Waals surface area (Å²) < 4.78 is 14.5. The number of benzene rings is 2. The van der Waals surface area contributed by atoms with Gasteiger partial charge < -0.3 is 4.90 Å². The van der Waals surface area contributed by atoms with Crippen LogP contribution in [0.2, 0.25) is 0 Å². The highest BCUT2D eigenvalue weighted by Crippen LogP contribution is 2.36. The maximum atomic E-state index is 14.5. The molecular formula is C22H25FN4. The van der Waals surface area contributed by atoms with Gasteiger partial charge in [0.25, 0.3) is 0 Å². The first-order valence-electron chi connectivity index (χ1n) is 9.38. The number of H-pyrrole nitrogens is 1. The number of nitrogens with zero attached hydrogens (tertiary/aromatic N) is 3. The number of nitrogens with one attached hydrogen (secondary N) is 1. The van der Waals surface area contributed by atoms with Gasteiger partial charge in [0.15, 0.2) is 0 Å². The zero-order chi connectivity index (χ0) is 18.8. The summed E-state index contributed by atoms with van der Waals surface area (Å²) in [6.45, 7) is 2.13. The molecule has 0 amide bonds. The molecule has 2 atom stereocenters. The van der Waals surface area contributed by atoms with E-state index in [1.807, 2.05) is 18.3 Å². The third-order valence-corrected chi connectivity index (χ3v) is 5.57. The van der Waals surface area contributed by atoms with Crippen molar-refractivity contribution >= 4 is 0 Å². The quantitative estimate of drug-likeness (QED) is 0.745. The number of likely N-dealkylation sites (N-methyl/N-ethyl adjacent to an activating group) is 2. The Balaban J connectivity index is 1.79. The molecule has 4 rings (SSSR count). The Morgan fingerprint density at radius 3 is 2.59 bits per heavy atom. The predicted octanol–water partition coefficient (Wildman–Crippen LogP) is 3.94. The average Bonchev–Trinajstić information content (AvgIpc) is 3.33. The zero-order valence-corrected chi connectivity index (χ0v) is 15.8. The standard InChI is InChI=1S/C22H25FN4/c1-26-13-12-17(15-26)27(2)22(16-8-4-3-5-9-16)19-14-24-25-21(19)18-10-6-7-11-20(18)23/h3-11,14,17,22H,12-13,15H2,1-2H3,(H,24,25). The minimum Gasteiger partial charge on any atom is -0.305 e. The maximum absolute atomic E-state index is 14.5. The third-order valence-electron chi connectivity index (χ3n) is 5.57. The normalized spacial score (nSPS) is 18.9. The molecule has 1 aliphatic rings. The van der Waals surface area contributed by atoms with Gasteiger partial charge in [-0.05, 0) is 44.8 Å². The first-order valence-corrected chi connectivity index (χ1v) is 9.38. The lowest BCUT2D eigenvalue weighted by molar-refractivity contribution is 0.200. The van der Waals surface area contributed by atoms with Crippen LogP contribution < -0.4 is 0 Å². The van der Waals surface area contributed by atoms with E-state index in [0.717, 1.165) is 30.8 Å². The first kappa shape index (κ1) is 17.9. The Kier molecular flexibility index (Phi) is 5.05. The monoisotopic (exact) mass is 364 g/mol. The molecule has 2 heterocycles. The number of hydrogen-bond donors (Lipinski definition) is 1. The summed E-state index contributed by atoms with van der Waals surface area (Å²) in [7, 11) is 4.33. The van der Waals surface area contributed by atoms with E-state index in [1.54, 1.807) is 12.1 Å². The Morgan fingerprint density at radius 2 is 1.89 bits per heavy atom. The fourth-order valence-electron chi connectivity index (χ4n) is 4.11. The van der Waals surface area contributed by atoms with Gasteiger partial charge in [-0.3, -0.25) is 10.00 Å². The Hall–Kier alpha value is -2.50. The van der Waals surface area contributed by atoms with E-state index < -0.39 is 0 Å². The molecule has 2 aromatic carbocycles. The van der Waals surface area contributed by atoms with Crippen molar-refractivity contribution in [3.05, 3.63) is 77.7 Å². The van der Waals surface area contributed by atoms with Gasteiger partial charge in [-0.25, -0.2) is 4.39 Å². The van der Waals surface area contributed by atoms with E-state index >= 15 is 0 Å². The van der Waals surface area contributed by atoms with Gasteiger partial charge in [0.05, 0.1) is 17.9 Å². The Bertz CT molecular complexity index is 892. The summed E-state index contributed by atoms with van der Waals surface area (Å²) in [6.07, 6.45) is 2.97. The first-order chi connectivity index (χ1) is 13.1. The molecule has 0 saturated carbocycles. The molecule has 1 N–H and O–H groups in total. The number of hydrogen-bond acceptors (Lipinski definition) is 3. The molecule has 0 spiro atoms. The van der Waals surface area contributed by atoms with Gasteiger partial charge >= 0.3 is 0 Å². The van der Waals surface area contributed by atoms with Crippen molar-refractivity contribution in [2.45, 2.75) is 18.5 Å². The van der Waals surface area contributed by atoms with Gasteiger partial charge in [-0.1, -0.05) is 42.5 Å². The largest absolute Gasteiger partial charge is 0.305 e. The second-order valence-electron chi connectivity index (χ2n) is 7.36. The van der Waals surface area contributed by atoms with Crippen molar-refractivity contribution < 1.29 is 4.39 Å². The van der Waals surface area contributed by atoms with Crippen molar-refractivity contribution in [2.75, 3.05) is 27.2 Å². The molecule has 3 aromatic rings. The SMILES string of the molecule is CN1CCC(N(C)C(c2ccccc2)c2cn[nH]c2-c2ccccc2F)C1. The molecule has 27 heavy (non-hydrogen) atoms. The Morgan fingerprint density at radius 1 is 1.15 bits per heavy atom. The Labute approximate surface area is 159 Å². The highest BCUT2D eigenvalue weighted by Gasteiger charge is 2.32. The molecule has 0 radical (unpaired) electrons. The number of aromatic amines is 1. The van der Waals surface area contributed by atoms with E-state index in [0.29, 0.717) is 11.6 Å². The van der Waals surface area contributed by atoms with Crippen LogP contribution >= 0.6 is 0 Å². The fourth-order valence-corrected chi connectivity index (χ4v) is 4.11. The van der Waals surface area contributed by atoms with Gasteiger partial charge in [0, 0.05) is 23.7 Å². The van der Waals surface area contributed by atoms with Gasteiger partial charge in [0.1, 0.15) is 5.82 Å². The van der Waals surface area contributed by atoms with Gasteiger partial charge in [-0.15, -0.1) is 0 Å². The van der Waals surface area contributed by atoms with Crippen molar-refractivity contribution in [3.63, 3.8) is 0 Å². The summed E-state index contributed by atoms with van der Waals surface area (Å²) in [5, 5.41) is 7.32. The van der Waals surface area contributed by atoms with Crippen molar-refractivity contribution in [1.29, 1.82) is 0 Å². The number of rotatable bonds is 5. The summed E-state index contributed by atoms with van der Waals surface area (Å²) in [5.41, 5.74) is 3.50. The lowest BCUT2D eigenvalue weighted by Gasteiger charge is -2.33. The average molecular weight is 364 g/mol. The summed E-state index contributed by atoms with van der Waals surface area (Å²) in [5.74, 6) is -0.238. The van der Waals surface area contributed by atoms with Crippen LogP contribution in [0.15, 0.2) is 60.8 Å². The van der Waals surface area contributed by atoms with Crippen molar-refractivity contribution in [1.82, 2.24) is 20.0 Å². The van der Waals surface area contributed by atoms with Crippen molar-refractivity contribution in [2.24, 2.45) is 0 Å². The van der Waals surface area contributed by atoms with E-state index in [-0.39, 0.29) is 11.9 Å². The molecule has 0 bridgehead atoms. The van der Waals surface area contributed by atoms with E-state index in [2.05, 4.69) is 58.4 Å². The number of aromatic nitrogens is 2. The van der Waals surface area contributed by atoms with Crippen LogP contribution in [0, 0.1) is 5.82 Å². The van der Waals surface area contributed by atoms with Crippen LogP contribution in [0.5, 0.6) is 0 Å². The summed E-state index contributed by atoms with van der Waals surface area (Å²) in [6, 6.07) is 17.7. The highest BCUT2D eigenvalue weighted by atomic mass is 19.1. The van der Waals surface area contributed by atoms with E-state index in [9.17, 15) is 4.39 Å². The second-order valence-corrected chi connectivity index (χ2v) is 7.36. The number of likely N-dealkylation sites (tertiary alicyclic amines) is 1. The third kappa shape index (κ3) is 3.53. The minimum atomic E-state index is -0.238. The molecule has 0 aliphatic carbocycles. The van der Waals surface area contributed by atoms with E-state index in [1.165, 1.54) is 11.6 Å². The molecule has 4 nitrogen and oxygen atoms in total. The molecule has 1 saturated heterocycles. The van der Waals surface area contributed by atoms with Gasteiger partial charge in [0.2, 0.25) is 0 Å². The molecule has 1 aliphatic heterocycles. The lowest BCUT2D eigenvalue weighted by Crippen LogP contribution is -2.37. The highest BCUT2D eigenvalue weighted by molar-refractivity contribution is 5.65. The van der Waals surface area contributed by atoms with Crippen LogP contribution in [-0.4, -0.2) is 53.2 Å². The van der Waals surface area contributed by atoms with E-state index in [4.69, 9.17) is 0 Å². The van der Waals surface area contributed by atoms with Crippen LogP contribution in [0.1, 0.15) is 23.6 Å². The second kappa shape index (κ2) is 7.62. The van der Waals surface area contributed by atoms with Crippen molar-refractivity contribution in [3.8, 4) is 11.3 Å². The molecule has 1 aromatic heterocycles. The lowest BCUT2D eigenvalue weighted by atomic mass is 9.94. The predicted molar refractivity (Wildman–Crippen MR) is 106 cm³/mol. The topological polar surface area (TPSA) is 35.2 Å². The zero-order valence-electron chi connectivity index (χ0n) is 15.8. The van der Waals surface area contributed by atoms with Crippen LogP contribution in [0.4, 0.5) is 4.39 Å². The molecule has 140 valence electrons. The van der Waals surface area contributed by atoms with Gasteiger partial charge in [-0.2, -0.15) is 5.10 Å². The van der Waals surface area contributed by atoms with Crippen LogP contribution in [-0.2, 0) is 0 Å². The minimum absolute atomic E-state index is 0.0102. The molecular weight excluding hydrogens is 339 g/mol. The van der Waals surface area contributed by atoms with Crippen LogP contribution in [0.3, 0.4) is 0 Å². The maximum Gasteiger partial charge on any atom is 0.132 e. The smallest absolute Gasteiger partial charge is 0.132 e. The molecule has 5 heteroatoms. The summed E-state index contributed by atoms with van der Waals surface area (Å²) >= 11 is 0. The molecule has 2 unspecified atom stereocenters. The van der Waals surface area contributed by atoms with Crippen LogP contribution in [0.25, 0.3) is 11.3 Å².